The molecule has 1 unspecified atom stereocenters. The molecule has 6 nitrogen and oxygen atoms in total. The third-order valence-corrected chi connectivity index (χ3v) is 6.38. The molecule has 6 rings (SSSR count). The van der Waals surface area contributed by atoms with Crippen LogP contribution in [-0.2, 0) is 24.1 Å². The van der Waals surface area contributed by atoms with E-state index in [9.17, 15) is 4.79 Å². The number of rotatable bonds is 4. The monoisotopic (exact) mass is 398 g/mol. The summed E-state index contributed by atoms with van der Waals surface area (Å²) in [5, 5.41) is 5.37. The van der Waals surface area contributed by atoms with Gasteiger partial charge in [0.15, 0.2) is 5.82 Å². The van der Waals surface area contributed by atoms with Gasteiger partial charge in [0.25, 0.3) is 0 Å². The molecule has 1 aliphatic carbocycles. The Labute approximate surface area is 173 Å². The van der Waals surface area contributed by atoms with Crippen molar-refractivity contribution in [3.8, 4) is 0 Å². The van der Waals surface area contributed by atoms with Crippen LogP contribution in [0.25, 0.3) is 10.9 Å². The minimum Gasteiger partial charge on any atom is -0.361 e. The number of nitrogens with one attached hydrogen (secondary N) is 1. The topological polar surface area (TPSA) is 75.0 Å². The molecule has 1 atom stereocenters. The fraction of sp³-hybridized carbons (Fsp3) is 0.292. The third-order valence-electron chi connectivity index (χ3n) is 6.38. The highest BCUT2D eigenvalue weighted by atomic mass is 16.5. The zero-order chi connectivity index (χ0) is 20.1. The van der Waals surface area contributed by atoms with E-state index in [1.807, 2.05) is 23.2 Å². The Morgan fingerprint density at radius 1 is 1.13 bits per heavy atom. The van der Waals surface area contributed by atoms with E-state index in [1.54, 1.807) is 0 Å². The maximum atomic E-state index is 12.7. The first-order valence-electron chi connectivity index (χ1n) is 10.5. The van der Waals surface area contributed by atoms with Gasteiger partial charge in [0.2, 0.25) is 11.8 Å². The molecule has 1 saturated heterocycles. The number of aromatic amines is 1. The lowest BCUT2D eigenvalue weighted by atomic mass is 10.1. The molecule has 2 aliphatic rings. The lowest BCUT2D eigenvalue weighted by Gasteiger charge is -2.17. The first kappa shape index (κ1) is 17.4. The first-order chi connectivity index (χ1) is 14.7. The van der Waals surface area contributed by atoms with Gasteiger partial charge in [-0.3, -0.25) is 4.79 Å². The maximum absolute atomic E-state index is 12.7. The van der Waals surface area contributed by atoms with Crippen molar-refractivity contribution in [2.75, 3.05) is 11.4 Å². The van der Waals surface area contributed by atoms with Crippen LogP contribution in [0.3, 0.4) is 0 Å². The van der Waals surface area contributed by atoms with Crippen molar-refractivity contribution in [1.29, 1.82) is 0 Å². The second-order valence-electron chi connectivity index (χ2n) is 8.29. The van der Waals surface area contributed by atoms with Crippen LogP contribution in [-0.4, -0.2) is 27.6 Å². The fourth-order valence-electron chi connectivity index (χ4n) is 4.80. The van der Waals surface area contributed by atoms with Crippen LogP contribution < -0.4 is 4.90 Å². The van der Waals surface area contributed by atoms with Crippen LogP contribution >= 0.6 is 0 Å². The maximum Gasteiger partial charge on any atom is 0.231 e. The fourth-order valence-corrected chi connectivity index (χ4v) is 4.80. The highest BCUT2D eigenvalue weighted by Gasteiger charge is 2.35. The highest BCUT2D eigenvalue weighted by molar-refractivity contribution is 5.96. The number of fused-ring (bicyclic) bond motifs is 2. The molecular formula is C24H22N4O2. The Kier molecular flexibility index (Phi) is 3.97. The number of carbonyl (C=O) groups is 1. The molecule has 0 saturated carbocycles. The summed E-state index contributed by atoms with van der Waals surface area (Å²) < 4.78 is 5.53. The van der Waals surface area contributed by atoms with Crippen LogP contribution in [0.1, 0.15) is 47.2 Å². The second-order valence-corrected chi connectivity index (χ2v) is 8.29. The van der Waals surface area contributed by atoms with E-state index in [2.05, 4.69) is 45.5 Å². The highest BCUT2D eigenvalue weighted by Crippen LogP contribution is 2.33. The number of para-hydroxylation sites is 1. The van der Waals surface area contributed by atoms with Gasteiger partial charge < -0.3 is 14.4 Å². The number of amides is 1. The molecule has 30 heavy (non-hydrogen) atoms. The summed E-state index contributed by atoms with van der Waals surface area (Å²) >= 11 is 0. The SMILES string of the molecule is O=C1CC(c2noc(Cc3c[nH]c4ccccc34)n2)CN1c1ccc2c(c1)CCC2. The Morgan fingerprint density at radius 2 is 2.03 bits per heavy atom. The van der Waals surface area contributed by atoms with Crippen LogP contribution in [0.2, 0.25) is 0 Å². The number of hydrogen-bond donors (Lipinski definition) is 1. The standard InChI is InChI=1S/C24H22N4O2/c29-23-12-18(14-28(23)19-9-8-15-4-3-5-16(15)10-19)24-26-22(30-27-24)11-17-13-25-21-7-2-1-6-20(17)21/h1-2,6-10,13,18,25H,3-5,11-12,14H2. The predicted molar refractivity (Wildman–Crippen MR) is 114 cm³/mol. The molecule has 0 radical (unpaired) electrons. The van der Waals surface area contributed by atoms with E-state index in [1.165, 1.54) is 17.5 Å². The minimum absolute atomic E-state index is 0.0359. The molecule has 0 spiro atoms. The molecule has 1 aliphatic heterocycles. The number of aryl methyl sites for hydroxylation is 2. The van der Waals surface area contributed by atoms with Crippen molar-refractivity contribution in [2.45, 2.75) is 38.0 Å². The van der Waals surface area contributed by atoms with E-state index in [0.717, 1.165) is 35.0 Å². The number of benzene rings is 2. The average Bonchev–Trinajstić information content (AvgIpc) is 3.54. The number of anilines is 1. The average molecular weight is 398 g/mol. The van der Waals surface area contributed by atoms with E-state index < -0.39 is 0 Å². The van der Waals surface area contributed by atoms with Crippen LogP contribution in [0.4, 0.5) is 5.69 Å². The molecule has 2 aromatic carbocycles. The minimum atomic E-state index is -0.0359. The summed E-state index contributed by atoms with van der Waals surface area (Å²) in [6, 6.07) is 14.6. The summed E-state index contributed by atoms with van der Waals surface area (Å²) in [5.74, 6) is 1.30. The van der Waals surface area contributed by atoms with Gasteiger partial charge in [0.05, 0.1) is 6.42 Å². The van der Waals surface area contributed by atoms with Crippen molar-refractivity contribution in [3.63, 3.8) is 0 Å². The molecule has 2 aromatic heterocycles. The van der Waals surface area contributed by atoms with Gasteiger partial charge >= 0.3 is 0 Å². The Hall–Kier alpha value is -3.41. The summed E-state index contributed by atoms with van der Waals surface area (Å²) in [4.78, 5) is 22.5. The van der Waals surface area contributed by atoms with Crippen molar-refractivity contribution >= 4 is 22.5 Å². The molecule has 1 amide bonds. The molecule has 0 bridgehead atoms. The number of H-pyrrole nitrogens is 1. The smallest absolute Gasteiger partial charge is 0.231 e. The quantitative estimate of drug-likeness (QED) is 0.560. The van der Waals surface area contributed by atoms with E-state index >= 15 is 0 Å². The van der Waals surface area contributed by atoms with Crippen molar-refractivity contribution in [2.24, 2.45) is 0 Å². The first-order valence-corrected chi connectivity index (χ1v) is 10.5. The van der Waals surface area contributed by atoms with Crippen LogP contribution in [0.5, 0.6) is 0 Å². The van der Waals surface area contributed by atoms with Gasteiger partial charge in [-0.25, -0.2) is 0 Å². The second kappa shape index (κ2) is 6.83. The largest absolute Gasteiger partial charge is 0.361 e. The van der Waals surface area contributed by atoms with Crippen molar-refractivity contribution in [1.82, 2.24) is 15.1 Å². The Morgan fingerprint density at radius 3 is 3.00 bits per heavy atom. The molecule has 3 heterocycles. The molecule has 1 fully saturated rings. The summed E-state index contributed by atoms with van der Waals surface area (Å²) in [6.45, 7) is 0.601. The zero-order valence-corrected chi connectivity index (χ0v) is 16.6. The normalized spacial score (nSPS) is 18.5. The van der Waals surface area contributed by atoms with E-state index in [-0.39, 0.29) is 11.8 Å². The number of hydrogen-bond acceptors (Lipinski definition) is 4. The van der Waals surface area contributed by atoms with Crippen molar-refractivity contribution in [3.05, 3.63) is 77.1 Å². The van der Waals surface area contributed by atoms with E-state index in [4.69, 9.17) is 4.52 Å². The van der Waals surface area contributed by atoms with Gasteiger partial charge in [0.1, 0.15) is 0 Å². The summed E-state index contributed by atoms with van der Waals surface area (Å²) in [7, 11) is 0. The van der Waals surface area contributed by atoms with Crippen LogP contribution in [0, 0.1) is 0 Å². The zero-order valence-electron chi connectivity index (χ0n) is 16.6. The van der Waals surface area contributed by atoms with Gasteiger partial charge in [0, 0.05) is 41.7 Å². The molecule has 6 heteroatoms. The Balaban J connectivity index is 1.20. The van der Waals surface area contributed by atoms with Gasteiger partial charge in [-0.05, 0) is 54.2 Å². The molecular weight excluding hydrogens is 376 g/mol. The molecule has 4 aromatic rings. The predicted octanol–water partition coefficient (Wildman–Crippen LogP) is 4.15. The number of aromatic nitrogens is 3. The Bertz CT molecular complexity index is 1260. The van der Waals surface area contributed by atoms with Gasteiger partial charge in [-0.1, -0.05) is 29.4 Å². The van der Waals surface area contributed by atoms with Crippen molar-refractivity contribution < 1.29 is 9.32 Å². The van der Waals surface area contributed by atoms with Gasteiger partial charge in [-0.15, -0.1) is 0 Å². The molecule has 150 valence electrons. The van der Waals surface area contributed by atoms with Crippen LogP contribution in [0.15, 0.2) is 53.2 Å². The summed E-state index contributed by atoms with van der Waals surface area (Å²) in [6.07, 6.45) is 6.45. The number of nitrogens with zero attached hydrogens (tertiary/aromatic N) is 3. The summed E-state index contributed by atoms with van der Waals surface area (Å²) in [5.41, 5.74) is 6.01. The third kappa shape index (κ3) is 2.91. The lowest BCUT2D eigenvalue weighted by Crippen LogP contribution is -2.24. The number of carbonyl (C=O) groups excluding carboxylic acids is 1. The van der Waals surface area contributed by atoms with E-state index in [0.29, 0.717) is 31.1 Å². The van der Waals surface area contributed by atoms with Gasteiger partial charge in [-0.2, -0.15) is 4.98 Å². The lowest BCUT2D eigenvalue weighted by molar-refractivity contribution is -0.117. The molecule has 1 N–H and O–H groups in total.